The standard InChI is InChI=1S/C20H20ClN3O2/c1-20(2)11-24(16-7-5-4-6-13(16)20)10-18-22-15-9-14(21)17(26-3)8-12(15)19(25)23-18/h4-9H,10-11H2,1-3H3,(H,22,23,25). The van der Waals surface area contributed by atoms with E-state index in [2.05, 4.69) is 46.9 Å². The number of nitrogens with zero attached hydrogens (tertiary/aromatic N) is 2. The summed E-state index contributed by atoms with van der Waals surface area (Å²) in [5, 5.41) is 0.911. The predicted molar refractivity (Wildman–Crippen MR) is 104 cm³/mol. The first-order valence-corrected chi connectivity index (χ1v) is 8.88. The molecule has 6 heteroatoms. The number of hydrogen-bond donors (Lipinski definition) is 1. The normalized spacial score (nSPS) is 15.3. The Morgan fingerprint density at radius 2 is 2.08 bits per heavy atom. The van der Waals surface area contributed by atoms with Crippen LogP contribution in [-0.4, -0.2) is 23.6 Å². The molecule has 0 unspecified atom stereocenters. The summed E-state index contributed by atoms with van der Waals surface area (Å²) in [6, 6.07) is 11.7. The Bertz CT molecular complexity index is 1060. The average molecular weight is 370 g/mol. The zero-order chi connectivity index (χ0) is 18.5. The van der Waals surface area contributed by atoms with Gasteiger partial charge in [-0.05, 0) is 23.8 Å². The van der Waals surface area contributed by atoms with Crippen LogP contribution < -0.4 is 15.2 Å². The largest absolute Gasteiger partial charge is 0.495 e. The third kappa shape index (κ3) is 2.72. The average Bonchev–Trinajstić information content (AvgIpc) is 2.85. The highest BCUT2D eigenvalue weighted by Gasteiger charge is 2.34. The Balaban J connectivity index is 1.74. The van der Waals surface area contributed by atoms with Crippen LogP contribution >= 0.6 is 11.6 Å². The second kappa shape index (κ2) is 6.02. The quantitative estimate of drug-likeness (QED) is 0.761. The molecule has 1 aliphatic heterocycles. The number of para-hydroxylation sites is 1. The number of fused-ring (bicyclic) bond motifs is 2. The minimum atomic E-state index is -0.188. The van der Waals surface area contributed by atoms with Crippen molar-refractivity contribution in [2.24, 2.45) is 0 Å². The number of nitrogens with one attached hydrogen (secondary N) is 1. The fraction of sp³-hybridized carbons (Fsp3) is 0.300. The molecule has 0 spiro atoms. The van der Waals surface area contributed by atoms with Gasteiger partial charge in [0.05, 0.1) is 29.6 Å². The molecular weight excluding hydrogens is 350 g/mol. The molecular formula is C20H20ClN3O2. The van der Waals surface area contributed by atoms with Gasteiger partial charge in [0.25, 0.3) is 5.56 Å². The third-order valence-electron chi connectivity index (χ3n) is 4.93. The summed E-state index contributed by atoms with van der Waals surface area (Å²) in [5.74, 6) is 1.09. The lowest BCUT2D eigenvalue weighted by molar-refractivity contribution is 0.415. The summed E-state index contributed by atoms with van der Waals surface area (Å²) >= 11 is 6.20. The first-order chi connectivity index (χ1) is 12.4. The fourth-order valence-corrected chi connectivity index (χ4v) is 3.95. The maximum absolute atomic E-state index is 12.5. The Labute approximate surface area is 156 Å². The predicted octanol–water partition coefficient (Wildman–Crippen LogP) is 3.88. The van der Waals surface area contributed by atoms with Gasteiger partial charge in [0.15, 0.2) is 0 Å². The van der Waals surface area contributed by atoms with Gasteiger partial charge in [-0.1, -0.05) is 43.6 Å². The second-order valence-electron chi connectivity index (χ2n) is 7.27. The van der Waals surface area contributed by atoms with Gasteiger partial charge in [-0.3, -0.25) is 4.79 Å². The van der Waals surface area contributed by atoms with Crippen molar-refractivity contribution in [1.29, 1.82) is 0 Å². The number of hydrogen-bond acceptors (Lipinski definition) is 4. The molecule has 0 bridgehead atoms. The first kappa shape index (κ1) is 16.9. The van der Waals surface area contributed by atoms with E-state index in [9.17, 15) is 4.79 Å². The summed E-state index contributed by atoms with van der Waals surface area (Å²) in [7, 11) is 1.52. The summed E-state index contributed by atoms with van der Waals surface area (Å²) < 4.78 is 5.19. The molecule has 5 nitrogen and oxygen atoms in total. The molecule has 0 saturated heterocycles. The van der Waals surface area contributed by atoms with Gasteiger partial charge in [-0.25, -0.2) is 4.98 Å². The van der Waals surface area contributed by atoms with E-state index in [1.54, 1.807) is 12.1 Å². The number of aromatic nitrogens is 2. The number of methoxy groups -OCH3 is 1. The minimum Gasteiger partial charge on any atom is -0.495 e. The maximum atomic E-state index is 12.5. The molecule has 2 heterocycles. The van der Waals surface area contributed by atoms with E-state index in [4.69, 9.17) is 16.3 Å². The van der Waals surface area contributed by atoms with E-state index >= 15 is 0 Å². The lowest BCUT2D eigenvalue weighted by Crippen LogP contribution is -2.29. The van der Waals surface area contributed by atoms with E-state index < -0.39 is 0 Å². The number of halogens is 1. The lowest BCUT2D eigenvalue weighted by atomic mass is 9.87. The fourth-order valence-electron chi connectivity index (χ4n) is 3.71. The number of anilines is 1. The van der Waals surface area contributed by atoms with Gasteiger partial charge < -0.3 is 14.6 Å². The summed E-state index contributed by atoms with van der Waals surface area (Å²) in [6.07, 6.45) is 0. The van der Waals surface area contributed by atoms with Gasteiger partial charge in [0.1, 0.15) is 11.6 Å². The van der Waals surface area contributed by atoms with Crippen LogP contribution in [0.4, 0.5) is 5.69 Å². The van der Waals surface area contributed by atoms with Crippen LogP contribution in [0.1, 0.15) is 25.2 Å². The Kier molecular flexibility index (Phi) is 3.92. The van der Waals surface area contributed by atoms with Crippen molar-refractivity contribution in [3.05, 3.63) is 63.2 Å². The zero-order valence-electron chi connectivity index (χ0n) is 15.0. The molecule has 3 aromatic rings. The molecule has 0 saturated carbocycles. The number of H-pyrrole nitrogens is 1. The van der Waals surface area contributed by atoms with Gasteiger partial charge in [0, 0.05) is 17.6 Å². The lowest BCUT2D eigenvalue weighted by Gasteiger charge is -2.22. The monoisotopic (exact) mass is 369 g/mol. The van der Waals surface area contributed by atoms with Crippen LogP contribution in [0.15, 0.2) is 41.2 Å². The molecule has 0 aliphatic carbocycles. The number of benzene rings is 2. The molecule has 1 aromatic heterocycles. The van der Waals surface area contributed by atoms with Crippen molar-refractivity contribution in [2.75, 3.05) is 18.6 Å². The van der Waals surface area contributed by atoms with Crippen molar-refractivity contribution in [1.82, 2.24) is 9.97 Å². The van der Waals surface area contributed by atoms with Crippen LogP contribution in [0.5, 0.6) is 5.75 Å². The highest BCUT2D eigenvalue weighted by molar-refractivity contribution is 6.32. The number of aromatic amines is 1. The summed E-state index contributed by atoms with van der Waals surface area (Å²) in [6.45, 7) is 5.87. The van der Waals surface area contributed by atoms with Gasteiger partial charge in [-0.15, -0.1) is 0 Å². The van der Waals surface area contributed by atoms with Crippen molar-refractivity contribution in [2.45, 2.75) is 25.8 Å². The van der Waals surface area contributed by atoms with E-state index in [-0.39, 0.29) is 11.0 Å². The summed E-state index contributed by atoms with van der Waals surface area (Å²) in [5.41, 5.74) is 2.95. The maximum Gasteiger partial charge on any atom is 0.258 e. The SMILES string of the molecule is COc1cc2c(=O)[nH]c(CN3CC(C)(C)c4ccccc43)nc2cc1Cl. The van der Waals surface area contributed by atoms with Crippen LogP contribution in [0.2, 0.25) is 5.02 Å². The van der Waals surface area contributed by atoms with Gasteiger partial charge >= 0.3 is 0 Å². The van der Waals surface area contributed by atoms with Gasteiger partial charge in [-0.2, -0.15) is 0 Å². The molecule has 0 fully saturated rings. The zero-order valence-corrected chi connectivity index (χ0v) is 15.7. The Morgan fingerprint density at radius 3 is 2.85 bits per heavy atom. The van der Waals surface area contributed by atoms with E-state index in [0.29, 0.717) is 34.0 Å². The number of ether oxygens (including phenoxy) is 1. The van der Waals surface area contributed by atoms with E-state index in [1.807, 2.05) is 6.07 Å². The number of rotatable bonds is 3. The van der Waals surface area contributed by atoms with Crippen molar-refractivity contribution in [3.8, 4) is 5.75 Å². The Hall–Kier alpha value is -2.53. The topological polar surface area (TPSA) is 58.2 Å². The Morgan fingerprint density at radius 1 is 1.31 bits per heavy atom. The van der Waals surface area contributed by atoms with Crippen molar-refractivity contribution < 1.29 is 4.74 Å². The molecule has 134 valence electrons. The molecule has 2 aromatic carbocycles. The second-order valence-corrected chi connectivity index (χ2v) is 7.68. The third-order valence-corrected chi connectivity index (χ3v) is 5.22. The molecule has 0 atom stereocenters. The molecule has 0 radical (unpaired) electrons. The molecule has 4 rings (SSSR count). The molecule has 1 aliphatic rings. The highest BCUT2D eigenvalue weighted by Crippen LogP contribution is 2.40. The van der Waals surface area contributed by atoms with Gasteiger partial charge in [0.2, 0.25) is 0 Å². The summed E-state index contributed by atoms with van der Waals surface area (Å²) in [4.78, 5) is 22.3. The molecule has 1 N–H and O–H groups in total. The van der Waals surface area contributed by atoms with E-state index in [1.165, 1.54) is 18.4 Å². The van der Waals surface area contributed by atoms with Crippen LogP contribution in [0.25, 0.3) is 10.9 Å². The van der Waals surface area contributed by atoms with Crippen molar-refractivity contribution in [3.63, 3.8) is 0 Å². The molecule has 26 heavy (non-hydrogen) atoms. The first-order valence-electron chi connectivity index (χ1n) is 8.50. The van der Waals surface area contributed by atoms with E-state index in [0.717, 1.165) is 6.54 Å². The van der Waals surface area contributed by atoms with Crippen LogP contribution in [0, 0.1) is 0 Å². The smallest absolute Gasteiger partial charge is 0.258 e. The minimum absolute atomic E-state index is 0.0599. The van der Waals surface area contributed by atoms with Crippen molar-refractivity contribution >= 4 is 28.2 Å². The highest BCUT2D eigenvalue weighted by atomic mass is 35.5. The molecule has 0 amide bonds. The van der Waals surface area contributed by atoms with Crippen LogP contribution in [0.3, 0.4) is 0 Å². The van der Waals surface area contributed by atoms with Crippen LogP contribution in [-0.2, 0) is 12.0 Å².